The zero-order valence-corrected chi connectivity index (χ0v) is 17.8. The van der Waals surface area contributed by atoms with Crippen molar-refractivity contribution < 1.29 is 4.79 Å². The Morgan fingerprint density at radius 3 is 2.67 bits per heavy atom. The van der Waals surface area contributed by atoms with Gasteiger partial charge in [-0.05, 0) is 24.0 Å². The van der Waals surface area contributed by atoms with Crippen LogP contribution in [0.15, 0.2) is 64.7 Å². The van der Waals surface area contributed by atoms with Gasteiger partial charge >= 0.3 is 5.69 Å². The van der Waals surface area contributed by atoms with Crippen LogP contribution in [0.2, 0.25) is 0 Å². The van der Waals surface area contributed by atoms with E-state index < -0.39 is 5.25 Å². The van der Waals surface area contributed by atoms with Gasteiger partial charge in [0.05, 0.1) is 0 Å². The first-order chi connectivity index (χ1) is 14.6. The van der Waals surface area contributed by atoms with E-state index in [2.05, 4.69) is 28.2 Å². The Hall–Kier alpha value is -3.06. The Morgan fingerprint density at radius 2 is 1.93 bits per heavy atom. The molecule has 4 rings (SSSR count). The van der Waals surface area contributed by atoms with Gasteiger partial charge in [0.2, 0.25) is 0 Å². The lowest BCUT2D eigenvalue weighted by Crippen LogP contribution is -2.18. The van der Waals surface area contributed by atoms with Crippen molar-refractivity contribution in [3.05, 3.63) is 81.9 Å². The third-order valence-corrected chi connectivity index (χ3v) is 6.43. The van der Waals surface area contributed by atoms with Crippen LogP contribution in [0.25, 0.3) is 10.9 Å². The first-order valence-corrected chi connectivity index (χ1v) is 11.0. The highest BCUT2D eigenvalue weighted by atomic mass is 32.2. The summed E-state index contributed by atoms with van der Waals surface area (Å²) in [6, 6.07) is 15.7. The average molecular weight is 421 g/mol. The van der Waals surface area contributed by atoms with Gasteiger partial charge < -0.3 is 4.98 Å². The quantitative estimate of drug-likeness (QED) is 0.318. The number of hydrogen-bond donors (Lipinski definition) is 2. The van der Waals surface area contributed by atoms with Crippen molar-refractivity contribution in [2.75, 3.05) is 0 Å². The molecule has 2 heterocycles. The molecule has 2 N–H and O–H groups in total. The van der Waals surface area contributed by atoms with Crippen molar-refractivity contribution in [3.63, 3.8) is 0 Å². The molecule has 0 saturated carbocycles. The first-order valence-electron chi connectivity index (χ1n) is 10.1. The first kappa shape index (κ1) is 20.2. The fraction of sp³-hybridized carbons (Fsp3) is 0.261. The number of carbonyl (C=O) groups is 1. The van der Waals surface area contributed by atoms with Gasteiger partial charge in [-0.3, -0.25) is 9.36 Å². The molecule has 6 nitrogen and oxygen atoms in total. The largest absolute Gasteiger partial charge is 0.360 e. The predicted octanol–water partition coefficient (Wildman–Crippen LogP) is 4.74. The number of hydrogen-bond acceptors (Lipinski definition) is 4. The lowest BCUT2D eigenvalue weighted by Gasteiger charge is -2.15. The van der Waals surface area contributed by atoms with Crippen LogP contribution in [0.4, 0.5) is 0 Å². The number of fused-ring (bicyclic) bond motifs is 1. The molecular formula is C23H24N4O2S. The zero-order chi connectivity index (χ0) is 21.1. The van der Waals surface area contributed by atoms with Crippen molar-refractivity contribution in [2.45, 2.75) is 43.6 Å². The minimum absolute atomic E-state index is 0.01000. The van der Waals surface area contributed by atoms with Crippen molar-refractivity contribution >= 4 is 28.4 Å². The van der Waals surface area contributed by atoms with Crippen LogP contribution in [0.3, 0.4) is 0 Å². The Morgan fingerprint density at radius 1 is 1.13 bits per heavy atom. The van der Waals surface area contributed by atoms with E-state index in [1.54, 1.807) is 10.8 Å². The highest BCUT2D eigenvalue weighted by Gasteiger charge is 2.28. The van der Waals surface area contributed by atoms with Crippen molar-refractivity contribution in [2.24, 2.45) is 0 Å². The van der Waals surface area contributed by atoms with Crippen LogP contribution in [0.1, 0.15) is 47.0 Å². The number of thioether (sulfide) groups is 1. The highest BCUT2D eigenvalue weighted by Crippen LogP contribution is 2.38. The average Bonchev–Trinajstić information content (AvgIpc) is 3.36. The standard InChI is InChI=1S/C23H24N4O2S/c1-3-13-27-22(29)25-26-23(27)30-21(16-9-6-5-7-10-16)20(28)18-14-24-19-15(4-2)11-8-12-17(18)19/h5-12,14,21,24H,3-4,13H2,1-2H3,(H,25,29). The molecule has 2 aromatic carbocycles. The van der Waals surface area contributed by atoms with Gasteiger partial charge in [0.1, 0.15) is 5.25 Å². The van der Waals surface area contributed by atoms with Crippen LogP contribution in [-0.4, -0.2) is 25.5 Å². The lowest BCUT2D eigenvalue weighted by molar-refractivity contribution is 0.0991. The van der Waals surface area contributed by atoms with E-state index in [0.29, 0.717) is 17.3 Å². The molecule has 0 fully saturated rings. The van der Waals surface area contributed by atoms with E-state index >= 15 is 0 Å². The number of aryl methyl sites for hydroxylation is 1. The number of para-hydroxylation sites is 1. The second-order valence-corrected chi connectivity index (χ2v) is 8.20. The zero-order valence-electron chi connectivity index (χ0n) is 17.0. The number of nitrogens with zero attached hydrogens (tertiary/aromatic N) is 2. The summed E-state index contributed by atoms with van der Waals surface area (Å²) in [6.45, 7) is 4.66. The normalized spacial score (nSPS) is 12.3. The topological polar surface area (TPSA) is 83.5 Å². The Labute approximate surface area is 178 Å². The second kappa shape index (κ2) is 8.75. The molecule has 7 heteroatoms. The van der Waals surface area contributed by atoms with E-state index in [1.165, 1.54) is 17.3 Å². The van der Waals surface area contributed by atoms with Gasteiger partial charge in [0.25, 0.3) is 0 Å². The maximum atomic E-state index is 13.7. The third kappa shape index (κ3) is 3.73. The highest BCUT2D eigenvalue weighted by molar-refractivity contribution is 8.00. The van der Waals surface area contributed by atoms with Crippen molar-refractivity contribution in [1.82, 2.24) is 19.7 Å². The molecule has 0 bridgehead atoms. The Balaban J connectivity index is 1.78. The molecule has 1 atom stereocenters. The third-order valence-electron chi connectivity index (χ3n) is 5.18. The predicted molar refractivity (Wildman–Crippen MR) is 120 cm³/mol. The van der Waals surface area contributed by atoms with E-state index in [9.17, 15) is 9.59 Å². The van der Waals surface area contributed by atoms with Crippen LogP contribution in [-0.2, 0) is 13.0 Å². The molecule has 0 amide bonds. The number of aromatic amines is 2. The van der Waals surface area contributed by atoms with Crippen molar-refractivity contribution in [3.8, 4) is 0 Å². The molecule has 0 aliphatic rings. The molecule has 0 radical (unpaired) electrons. The fourth-order valence-corrected chi connectivity index (χ4v) is 4.81. The maximum Gasteiger partial charge on any atom is 0.343 e. The molecule has 4 aromatic rings. The molecule has 154 valence electrons. The van der Waals surface area contributed by atoms with Gasteiger partial charge in [-0.1, -0.05) is 74.1 Å². The van der Waals surface area contributed by atoms with Gasteiger partial charge in [-0.15, -0.1) is 5.10 Å². The molecule has 0 saturated heterocycles. The number of benzene rings is 2. The van der Waals surface area contributed by atoms with E-state index in [-0.39, 0.29) is 11.5 Å². The van der Waals surface area contributed by atoms with E-state index in [1.807, 2.05) is 49.4 Å². The molecule has 30 heavy (non-hydrogen) atoms. The number of Topliss-reactive ketones (excluding diaryl/α,β-unsaturated/α-hetero) is 1. The summed E-state index contributed by atoms with van der Waals surface area (Å²) >= 11 is 1.31. The minimum atomic E-state index is -0.513. The van der Waals surface area contributed by atoms with Crippen LogP contribution >= 0.6 is 11.8 Å². The van der Waals surface area contributed by atoms with E-state index in [4.69, 9.17) is 0 Å². The number of carbonyl (C=O) groups excluding carboxylic acids is 1. The van der Waals surface area contributed by atoms with Crippen LogP contribution in [0, 0.1) is 0 Å². The van der Waals surface area contributed by atoms with Gasteiger partial charge in [-0.25, -0.2) is 9.89 Å². The summed E-state index contributed by atoms with van der Waals surface area (Å²) < 4.78 is 1.60. The number of aromatic nitrogens is 4. The van der Waals surface area contributed by atoms with Crippen molar-refractivity contribution in [1.29, 1.82) is 0 Å². The summed E-state index contributed by atoms with van der Waals surface area (Å²) in [5.74, 6) is -0.01000. The van der Waals surface area contributed by atoms with Crippen LogP contribution in [0.5, 0.6) is 0 Å². The molecule has 0 aliphatic heterocycles. The summed E-state index contributed by atoms with van der Waals surface area (Å²) in [5, 5.41) is 7.64. The number of H-pyrrole nitrogens is 2. The summed E-state index contributed by atoms with van der Waals surface area (Å²) in [6.07, 6.45) is 3.49. The van der Waals surface area contributed by atoms with E-state index in [0.717, 1.165) is 29.3 Å². The molecule has 0 aliphatic carbocycles. The SMILES string of the molecule is CCCn1c(SC(C(=O)c2c[nH]c3c(CC)cccc23)c2ccccc2)n[nH]c1=O. The Kier molecular flexibility index (Phi) is 5.90. The second-order valence-electron chi connectivity index (χ2n) is 7.13. The Bertz CT molecular complexity index is 1220. The minimum Gasteiger partial charge on any atom is -0.360 e. The lowest BCUT2D eigenvalue weighted by atomic mass is 10.0. The molecule has 0 spiro atoms. The smallest absolute Gasteiger partial charge is 0.343 e. The van der Waals surface area contributed by atoms with Gasteiger partial charge in [-0.2, -0.15) is 0 Å². The number of nitrogens with one attached hydrogen (secondary N) is 2. The van der Waals surface area contributed by atoms with Gasteiger partial charge in [0, 0.05) is 29.2 Å². The van der Waals surface area contributed by atoms with Crippen LogP contribution < -0.4 is 5.69 Å². The summed E-state index contributed by atoms with van der Waals surface area (Å²) in [7, 11) is 0. The summed E-state index contributed by atoms with van der Waals surface area (Å²) in [4.78, 5) is 29.2. The number of rotatable bonds is 8. The fourth-order valence-electron chi connectivity index (χ4n) is 3.68. The molecule has 1 unspecified atom stereocenters. The molecule has 2 aromatic heterocycles. The number of ketones is 1. The molecular weight excluding hydrogens is 396 g/mol. The maximum absolute atomic E-state index is 13.7. The van der Waals surface area contributed by atoms with Gasteiger partial charge in [0.15, 0.2) is 10.9 Å². The summed E-state index contributed by atoms with van der Waals surface area (Å²) in [5.41, 5.74) is 3.47. The monoisotopic (exact) mass is 420 g/mol.